The van der Waals surface area contributed by atoms with Crippen molar-refractivity contribution in [3.05, 3.63) is 29.8 Å². The van der Waals surface area contributed by atoms with Gasteiger partial charge in [-0.2, -0.15) is 4.68 Å². The summed E-state index contributed by atoms with van der Waals surface area (Å²) in [5.41, 5.74) is -0.0198. The van der Waals surface area contributed by atoms with Crippen molar-refractivity contribution in [2.75, 3.05) is 0 Å². The fraction of sp³-hybridized carbons (Fsp3) is 0.300. The Bertz CT molecular complexity index is 742. The molecular weight excluding hydrogens is 295 g/mol. The number of tetrazole rings is 1. The van der Waals surface area contributed by atoms with E-state index >= 15 is 0 Å². The van der Waals surface area contributed by atoms with Crippen molar-refractivity contribution in [3.8, 4) is 5.69 Å². The van der Waals surface area contributed by atoms with E-state index in [2.05, 4.69) is 15.5 Å². The first kappa shape index (κ1) is 12.5. The van der Waals surface area contributed by atoms with Gasteiger partial charge < -0.3 is 0 Å². The molecule has 1 fully saturated rings. The first-order valence-corrected chi connectivity index (χ1v) is 7.80. The third kappa shape index (κ3) is 2.33. The Labute approximate surface area is 112 Å². The fourth-order valence-corrected chi connectivity index (χ4v) is 2.54. The molecule has 0 saturated heterocycles. The average Bonchev–Trinajstić information content (AvgIpc) is 3.07. The standard InChI is InChI=1S/C10H8ClFN4O2S/c11-19(17,18)7-3-4-8(12)9(5-7)16-10(6-1-2-6)13-14-15-16/h3-6H,1-2H2. The SMILES string of the molecule is O=S(=O)(Cl)c1ccc(F)c(-n2nnnc2C2CC2)c1. The van der Waals surface area contributed by atoms with Gasteiger partial charge in [0, 0.05) is 16.6 Å². The molecule has 0 bridgehead atoms. The maximum absolute atomic E-state index is 13.8. The van der Waals surface area contributed by atoms with Gasteiger partial charge in [0.15, 0.2) is 5.82 Å². The van der Waals surface area contributed by atoms with E-state index in [0.29, 0.717) is 5.82 Å². The van der Waals surface area contributed by atoms with Crippen LogP contribution in [0.15, 0.2) is 23.1 Å². The molecule has 2 aromatic rings. The number of aromatic nitrogens is 4. The van der Waals surface area contributed by atoms with Crippen LogP contribution in [0.5, 0.6) is 0 Å². The lowest BCUT2D eigenvalue weighted by Crippen LogP contribution is -2.06. The number of halogens is 2. The van der Waals surface area contributed by atoms with E-state index < -0.39 is 14.9 Å². The monoisotopic (exact) mass is 302 g/mol. The van der Waals surface area contributed by atoms with E-state index in [9.17, 15) is 12.8 Å². The third-order valence-corrected chi connectivity index (χ3v) is 4.21. The van der Waals surface area contributed by atoms with Gasteiger partial charge in [-0.1, -0.05) is 0 Å². The Morgan fingerprint density at radius 2 is 2.11 bits per heavy atom. The molecule has 19 heavy (non-hydrogen) atoms. The number of benzene rings is 1. The zero-order valence-electron chi connectivity index (χ0n) is 9.49. The topological polar surface area (TPSA) is 77.7 Å². The van der Waals surface area contributed by atoms with Crippen molar-refractivity contribution in [1.29, 1.82) is 0 Å². The molecule has 0 spiro atoms. The molecule has 1 aromatic heterocycles. The Morgan fingerprint density at radius 1 is 1.37 bits per heavy atom. The zero-order chi connectivity index (χ0) is 13.6. The van der Waals surface area contributed by atoms with Gasteiger partial charge in [0.05, 0.1) is 4.90 Å². The third-order valence-electron chi connectivity index (χ3n) is 2.86. The second kappa shape index (κ2) is 4.24. The summed E-state index contributed by atoms with van der Waals surface area (Å²) in [6.07, 6.45) is 1.88. The Morgan fingerprint density at radius 3 is 2.74 bits per heavy atom. The maximum Gasteiger partial charge on any atom is 0.261 e. The van der Waals surface area contributed by atoms with E-state index in [-0.39, 0.29) is 16.5 Å². The molecule has 1 saturated carbocycles. The van der Waals surface area contributed by atoms with E-state index in [1.807, 2.05) is 0 Å². The van der Waals surface area contributed by atoms with Crippen LogP contribution in [-0.4, -0.2) is 28.6 Å². The summed E-state index contributed by atoms with van der Waals surface area (Å²) in [6, 6.07) is 3.26. The average molecular weight is 303 g/mol. The molecule has 1 heterocycles. The summed E-state index contributed by atoms with van der Waals surface area (Å²) in [4.78, 5) is -0.192. The van der Waals surface area contributed by atoms with E-state index in [1.54, 1.807) is 0 Å². The Kier molecular flexibility index (Phi) is 2.79. The predicted molar refractivity (Wildman–Crippen MR) is 64.1 cm³/mol. The molecule has 1 aliphatic carbocycles. The van der Waals surface area contributed by atoms with Gasteiger partial charge in [-0.15, -0.1) is 5.10 Å². The van der Waals surface area contributed by atoms with Crippen molar-refractivity contribution < 1.29 is 12.8 Å². The van der Waals surface area contributed by atoms with Crippen LogP contribution in [0.3, 0.4) is 0 Å². The van der Waals surface area contributed by atoms with Crippen LogP contribution < -0.4 is 0 Å². The lowest BCUT2D eigenvalue weighted by Gasteiger charge is -2.06. The molecular formula is C10H8ClFN4O2S. The minimum Gasteiger partial charge on any atom is -0.207 e. The van der Waals surface area contributed by atoms with Crippen molar-refractivity contribution in [3.63, 3.8) is 0 Å². The van der Waals surface area contributed by atoms with E-state index in [1.165, 1.54) is 4.68 Å². The summed E-state index contributed by atoms with van der Waals surface area (Å²) < 4.78 is 37.6. The fourth-order valence-electron chi connectivity index (χ4n) is 1.77. The Balaban J connectivity index is 2.16. The number of nitrogens with zero attached hydrogens (tertiary/aromatic N) is 4. The Hall–Kier alpha value is -1.54. The molecule has 100 valence electrons. The number of hydrogen-bond acceptors (Lipinski definition) is 5. The minimum absolute atomic E-state index is 0.0198. The van der Waals surface area contributed by atoms with Crippen molar-refractivity contribution in [1.82, 2.24) is 20.2 Å². The normalized spacial score (nSPS) is 15.7. The van der Waals surface area contributed by atoms with Gasteiger partial charge in [0.2, 0.25) is 0 Å². The van der Waals surface area contributed by atoms with Crippen molar-refractivity contribution in [2.45, 2.75) is 23.7 Å². The van der Waals surface area contributed by atoms with Gasteiger partial charge in [-0.05, 0) is 41.5 Å². The highest BCUT2D eigenvalue weighted by molar-refractivity contribution is 8.13. The summed E-state index contributed by atoms with van der Waals surface area (Å²) in [5.74, 6) is 0.118. The molecule has 1 aromatic carbocycles. The smallest absolute Gasteiger partial charge is 0.207 e. The molecule has 6 nitrogen and oxygen atoms in total. The first-order chi connectivity index (χ1) is 8.97. The zero-order valence-corrected chi connectivity index (χ0v) is 11.1. The van der Waals surface area contributed by atoms with Crippen LogP contribution in [0.25, 0.3) is 5.69 Å². The quantitative estimate of drug-likeness (QED) is 0.805. The van der Waals surface area contributed by atoms with Crippen LogP contribution in [0, 0.1) is 5.82 Å². The molecule has 1 aliphatic rings. The summed E-state index contributed by atoms with van der Waals surface area (Å²) >= 11 is 0. The summed E-state index contributed by atoms with van der Waals surface area (Å²) in [6.45, 7) is 0. The molecule has 9 heteroatoms. The molecule has 0 atom stereocenters. The lowest BCUT2D eigenvalue weighted by molar-refractivity contribution is 0.596. The van der Waals surface area contributed by atoms with Gasteiger partial charge in [-0.3, -0.25) is 0 Å². The summed E-state index contributed by atoms with van der Waals surface area (Å²) in [7, 11) is 1.32. The van der Waals surface area contributed by atoms with Gasteiger partial charge in [0.1, 0.15) is 11.5 Å². The molecule has 0 radical (unpaired) electrons. The van der Waals surface area contributed by atoms with Crippen LogP contribution in [0.2, 0.25) is 0 Å². The van der Waals surface area contributed by atoms with Crippen LogP contribution in [-0.2, 0) is 9.05 Å². The van der Waals surface area contributed by atoms with Crippen molar-refractivity contribution in [2.24, 2.45) is 0 Å². The molecule has 0 unspecified atom stereocenters. The first-order valence-electron chi connectivity index (χ1n) is 5.49. The van der Waals surface area contributed by atoms with Crippen LogP contribution >= 0.6 is 10.7 Å². The minimum atomic E-state index is -3.93. The van der Waals surface area contributed by atoms with E-state index in [4.69, 9.17) is 10.7 Å². The largest absolute Gasteiger partial charge is 0.261 e. The highest BCUT2D eigenvalue weighted by atomic mass is 35.7. The predicted octanol–water partition coefficient (Wildman–Crippen LogP) is 1.61. The molecule has 3 rings (SSSR count). The number of rotatable bonds is 3. The van der Waals surface area contributed by atoms with Crippen LogP contribution in [0.4, 0.5) is 4.39 Å². The molecule has 0 aliphatic heterocycles. The molecule has 0 amide bonds. The van der Waals surface area contributed by atoms with Crippen LogP contribution in [0.1, 0.15) is 24.6 Å². The second-order valence-electron chi connectivity index (χ2n) is 4.27. The second-order valence-corrected chi connectivity index (χ2v) is 6.84. The van der Waals surface area contributed by atoms with Gasteiger partial charge >= 0.3 is 0 Å². The van der Waals surface area contributed by atoms with Gasteiger partial charge in [0.25, 0.3) is 9.05 Å². The maximum atomic E-state index is 13.8. The lowest BCUT2D eigenvalue weighted by atomic mass is 10.3. The number of hydrogen-bond donors (Lipinski definition) is 0. The highest BCUT2D eigenvalue weighted by Crippen LogP contribution is 2.39. The highest BCUT2D eigenvalue weighted by Gasteiger charge is 2.31. The molecule has 0 N–H and O–H groups in total. The van der Waals surface area contributed by atoms with Crippen molar-refractivity contribution >= 4 is 19.7 Å². The summed E-state index contributed by atoms with van der Waals surface area (Å²) in [5, 5.41) is 11.1. The van der Waals surface area contributed by atoms with Gasteiger partial charge in [-0.25, -0.2) is 12.8 Å². The van der Waals surface area contributed by atoms with E-state index in [0.717, 1.165) is 31.0 Å².